The second-order valence-electron chi connectivity index (χ2n) is 14.8. The first-order chi connectivity index (χ1) is 21.6. The van der Waals surface area contributed by atoms with E-state index in [2.05, 4.69) is 4.90 Å². The molecule has 45 heavy (non-hydrogen) atoms. The Morgan fingerprint density at radius 1 is 1.04 bits per heavy atom. The van der Waals surface area contributed by atoms with Crippen molar-refractivity contribution in [3.63, 3.8) is 0 Å². The summed E-state index contributed by atoms with van der Waals surface area (Å²) in [7, 11) is 0. The molecule has 1 unspecified atom stereocenters. The molecule has 1 saturated carbocycles. The number of fused-ring (bicyclic) bond motifs is 1. The van der Waals surface area contributed by atoms with Crippen molar-refractivity contribution in [3.05, 3.63) is 59.4 Å². The van der Waals surface area contributed by atoms with Crippen LogP contribution in [0.2, 0.25) is 0 Å². The molecular formula is C35H46N4O6. The molecule has 0 N–H and O–H groups in total. The third kappa shape index (κ3) is 6.36. The Kier molecular flexibility index (Phi) is 7.92. The van der Waals surface area contributed by atoms with Crippen LogP contribution in [-0.2, 0) is 27.2 Å². The maximum absolute atomic E-state index is 13.5. The zero-order chi connectivity index (χ0) is 31.2. The number of aromatic nitrogens is 1. The zero-order valence-electron chi connectivity index (χ0n) is 26.8. The van der Waals surface area contributed by atoms with Gasteiger partial charge in [0, 0.05) is 69.5 Å². The molecule has 10 nitrogen and oxygen atoms in total. The lowest BCUT2D eigenvalue weighted by atomic mass is 9.62. The summed E-state index contributed by atoms with van der Waals surface area (Å²) in [6.07, 6.45) is 6.85. The van der Waals surface area contributed by atoms with Crippen LogP contribution in [0.1, 0.15) is 75.7 Å². The normalized spacial score (nSPS) is 23.6. The van der Waals surface area contributed by atoms with E-state index in [4.69, 9.17) is 23.9 Å². The summed E-state index contributed by atoms with van der Waals surface area (Å²) >= 11 is 0. The number of carbonyl (C=O) groups excluding carboxylic acids is 2. The van der Waals surface area contributed by atoms with Gasteiger partial charge in [-0.1, -0.05) is 30.3 Å². The highest BCUT2D eigenvalue weighted by molar-refractivity contribution is 5.70. The first-order valence-corrected chi connectivity index (χ1v) is 16.6. The Labute approximate surface area is 265 Å². The van der Waals surface area contributed by atoms with Crippen molar-refractivity contribution in [2.45, 2.75) is 89.3 Å². The third-order valence-corrected chi connectivity index (χ3v) is 10.0. The first kappa shape index (κ1) is 30.3. The fraction of sp³-hybridized carbons (Fsp3) is 0.629. The molecule has 2 amide bonds. The summed E-state index contributed by atoms with van der Waals surface area (Å²) in [5.74, 6) is 0.816. The van der Waals surface area contributed by atoms with E-state index in [-0.39, 0.29) is 42.0 Å². The summed E-state index contributed by atoms with van der Waals surface area (Å²) in [5, 5.41) is 0. The van der Waals surface area contributed by atoms with Crippen LogP contribution in [0.5, 0.6) is 5.75 Å². The van der Waals surface area contributed by atoms with E-state index >= 15 is 0 Å². The van der Waals surface area contributed by atoms with Crippen LogP contribution in [0.25, 0.3) is 0 Å². The van der Waals surface area contributed by atoms with Crippen LogP contribution in [0.15, 0.2) is 42.6 Å². The lowest BCUT2D eigenvalue weighted by Gasteiger charge is -2.57. The largest absolute Gasteiger partial charge is 0.490 e. The zero-order valence-corrected chi connectivity index (χ0v) is 26.8. The standard InChI is InChI=1S/C35H46N4O6/c1-33(2,3)45-32(41)39-16-11-27-30(28(39)12-15-37-23-35(24-37)13-7-17-43-35)29(10-14-36-27)44-26-18-34(19-26)21-38(22-34)31(40)42-20-25-8-5-4-6-9-25/h4-6,8-10,14,26,28H,7,11-13,15-24H2,1-3H3. The average Bonchev–Trinajstić information content (AvgIpc) is 3.44. The van der Waals surface area contributed by atoms with Gasteiger partial charge in [0.1, 0.15) is 24.1 Å². The van der Waals surface area contributed by atoms with Crippen LogP contribution in [-0.4, -0.2) is 95.1 Å². The monoisotopic (exact) mass is 618 g/mol. The van der Waals surface area contributed by atoms with Gasteiger partial charge in [-0.25, -0.2) is 9.59 Å². The third-order valence-electron chi connectivity index (χ3n) is 10.0. The van der Waals surface area contributed by atoms with E-state index in [0.29, 0.717) is 26.1 Å². The maximum atomic E-state index is 13.5. The minimum Gasteiger partial charge on any atom is -0.490 e. The summed E-state index contributed by atoms with van der Waals surface area (Å²) in [6, 6.07) is 11.5. The van der Waals surface area contributed by atoms with Gasteiger partial charge in [0.05, 0.1) is 17.3 Å². The highest BCUT2D eigenvalue weighted by atomic mass is 16.6. The van der Waals surface area contributed by atoms with Gasteiger partial charge in [0.25, 0.3) is 0 Å². The Balaban J connectivity index is 0.988. The number of rotatable bonds is 7. The maximum Gasteiger partial charge on any atom is 0.410 e. The van der Waals surface area contributed by atoms with E-state index in [1.165, 1.54) is 0 Å². The predicted octanol–water partition coefficient (Wildman–Crippen LogP) is 5.35. The molecule has 1 aromatic heterocycles. The Bertz CT molecular complexity index is 1380. The molecule has 1 atom stereocenters. The highest BCUT2D eigenvalue weighted by Gasteiger charge is 2.55. The molecule has 4 aliphatic heterocycles. The van der Waals surface area contributed by atoms with Crippen molar-refractivity contribution < 1.29 is 28.5 Å². The minimum atomic E-state index is -0.579. The Hall–Kier alpha value is -3.37. The topological polar surface area (TPSA) is 93.7 Å². The number of hydrogen-bond donors (Lipinski definition) is 0. The first-order valence-electron chi connectivity index (χ1n) is 16.6. The second kappa shape index (κ2) is 11.8. The Morgan fingerprint density at radius 3 is 2.53 bits per heavy atom. The number of ether oxygens (including phenoxy) is 4. The van der Waals surface area contributed by atoms with Crippen molar-refractivity contribution in [1.82, 2.24) is 19.7 Å². The van der Waals surface area contributed by atoms with E-state index in [9.17, 15) is 9.59 Å². The molecule has 1 aliphatic carbocycles. The lowest BCUT2D eigenvalue weighted by Crippen LogP contribution is -2.65. The molecular weight excluding hydrogens is 572 g/mol. The SMILES string of the molecule is CC(C)(C)OC(=O)N1CCc2nccc(OC3CC4(C3)CN(C(=O)OCc3ccccc3)C4)c2C1CCN1CC2(CCCO2)C1. The van der Waals surface area contributed by atoms with E-state index in [1.54, 1.807) is 4.90 Å². The molecule has 5 aliphatic rings. The summed E-state index contributed by atoms with van der Waals surface area (Å²) in [6.45, 7) is 11.6. The molecule has 4 fully saturated rings. The number of hydrogen-bond acceptors (Lipinski definition) is 8. The van der Waals surface area contributed by atoms with Crippen LogP contribution in [0.4, 0.5) is 9.59 Å². The molecule has 10 heteroatoms. The number of pyridine rings is 1. The Morgan fingerprint density at radius 2 is 1.82 bits per heavy atom. The number of carbonyl (C=O) groups is 2. The van der Waals surface area contributed by atoms with Gasteiger partial charge < -0.3 is 28.7 Å². The van der Waals surface area contributed by atoms with Gasteiger partial charge in [0.2, 0.25) is 0 Å². The molecule has 7 rings (SSSR count). The molecule has 0 radical (unpaired) electrons. The number of nitrogens with zero attached hydrogens (tertiary/aromatic N) is 4. The van der Waals surface area contributed by atoms with Gasteiger partial charge >= 0.3 is 12.2 Å². The number of amides is 2. The molecule has 3 saturated heterocycles. The fourth-order valence-corrected chi connectivity index (χ4v) is 7.90. The molecule has 242 valence electrons. The average molecular weight is 619 g/mol. The van der Waals surface area contributed by atoms with Gasteiger partial charge in [0.15, 0.2) is 0 Å². The van der Waals surface area contributed by atoms with Gasteiger partial charge in [-0.3, -0.25) is 9.88 Å². The summed E-state index contributed by atoms with van der Waals surface area (Å²) in [5.41, 5.74) is 2.57. The molecule has 0 bridgehead atoms. The van der Waals surface area contributed by atoms with Gasteiger partial charge in [-0.15, -0.1) is 0 Å². The fourth-order valence-electron chi connectivity index (χ4n) is 7.90. The van der Waals surface area contributed by atoms with E-state index in [0.717, 1.165) is 80.9 Å². The summed E-state index contributed by atoms with van der Waals surface area (Å²) < 4.78 is 24.1. The number of likely N-dealkylation sites (tertiary alicyclic amines) is 2. The smallest absolute Gasteiger partial charge is 0.410 e. The molecule has 2 spiro atoms. The van der Waals surface area contributed by atoms with Gasteiger partial charge in [-0.2, -0.15) is 0 Å². The van der Waals surface area contributed by atoms with Crippen LogP contribution < -0.4 is 4.74 Å². The van der Waals surface area contributed by atoms with Crippen molar-refractivity contribution in [2.75, 3.05) is 45.9 Å². The number of benzene rings is 1. The van der Waals surface area contributed by atoms with Crippen LogP contribution in [0, 0.1) is 5.41 Å². The van der Waals surface area contributed by atoms with E-state index < -0.39 is 5.60 Å². The summed E-state index contributed by atoms with van der Waals surface area (Å²) in [4.78, 5) is 36.9. The van der Waals surface area contributed by atoms with Crippen molar-refractivity contribution in [3.8, 4) is 5.75 Å². The second-order valence-corrected chi connectivity index (χ2v) is 14.8. The minimum absolute atomic E-state index is 0.0427. The quantitative estimate of drug-likeness (QED) is 0.410. The lowest BCUT2D eigenvalue weighted by molar-refractivity contribution is -0.113. The molecule has 1 aromatic carbocycles. The van der Waals surface area contributed by atoms with E-state index in [1.807, 2.05) is 68.3 Å². The molecule has 2 aromatic rings. The van der Waals surface area contributed by atoms with Crippen LogP contribution in [0.3, 0.4) is 0 Å². The highest BCUT2D eigenvalue weighted by Crippen LogP contribution is 2.51. The van der Waals surface area contributed by atoms with Crippen LogP contribution >= 0.6 is 0 Å². The molecule has 5 heterocycles. The predicted molar refractivity (Wildman–Crippen MR) is 167 cm³/mol. The van der Waals surface area contributed by atoms with Crippen molar-refractivity contribution >= 4 is 12.2 Å². The van der Waals surface area contributed by atoms with Crippen molar-refractivity contribution in [2.24, 2.45) is 5.41 Å². The van der Waals surface area contributed by atoms with Gasteiger partial charge in [-0.05, 0) is 64.5 Å². The van der Waals surface area contributed by atoms with Crippen molar-refractivity contribution in [1.29, 1.82) is 0 Å².